The Kier molecular flexibility index (Phi) is 6.39. The highest BCUT2D eigenvalue weighted by Crippen LogP contribution is 2.41. The lowest BCUT2D eigenvalue weighted by molar-refractivity contribution is -0.135. The van der Waals surface area contributed by atoms with Crippen LogP contribution in [0.25, 0.3) is 11.0 Å². The zero-order valence-corrected chi connectivity index (χ0v) is 16.8. The van der Waals surface area contributed by atoms with Crippen molar-refractivity contribution in [2.75, 3.05) is 26.2 Å². The van der Waals surface area contributed by atoms with Crippen molar-refractivity contribution in [3.63, 3.8) is 0 Å². The number of likely N-dealkylation sites (tertiary alicyclic amines) is 2. The van der Waals surface area contributed by atoms with E-state index in [9.17, 15) is 4.79 Å². The van der Waals surface area contributed by atoms with E-state index in [1.54, 1.807) is 0 Å². The van der Waals surface area contributed by atoms with Crippen LogP contribution in [-0.2, 0) is 22.6 Å². The Balaban J connectivity index is 0.000000706. The fraction of sp³-hybridized carbons (Fsp3) is 0.545. The van der Waals surface area contributed by atoms with Crippen LogP contribution in [0.5, 0.6) is 0 Å². The topological polar surface area (TPSA) is 74.0 Å². The van der Waals surface area contributed by atoms with E-state index in [-0.39, 0.29) is 11.9 Å². The Labute approximate surface area is 166 Å². The molecule has 6 heteroatoms. The number of carboxylic acid groups (broad SMARTS) is 1. The number of aryl methyl sites for hydroxylation is 1. The monoisotopic (exact) mass is 386 g/mol. The van der Waals surface area contributed by atoms with Gasteiger partial charge in [-0.05, 0) is 31.9 Å². The van der Waals surface area contributed by atoms with Gasteiger partial charge >= 0.3 is 0 Å². The molecule has 152 valence electrons. The summed E-state index contributed by atoms with van der Waals surface area (Å²) in [5.74, 6) is 1.48. The minimum absolute atomic E-state index is 0.124. The van der Waals surface area contributed by atoms with Gasteiger partial charge in [0.1, 0.15) is 11.3 Å². The van der Waals surface area contributed by atoms with Gasteiger partial charge in [0.15, 0.2) is 0 Å². The van der Waals surface area contributed by atoms with Gasteiger partial charge in [0.25, 0.3) is 6.47 Å². The molecule has 1 atom stereocenters. The molecule has 0 bridgehead atoms. The first-order valence-electron chi connectivity index (χ1n) is 10.2. The predicted octanol–water partition coefficient (Wildman–Crippen LogP) is 3.53. The van der Waals surface area contributed by atoms with Crippen molar-refractivity contribution in [1.29, 1.82) is 0 Å². The summed E-state index contributed by atoms with van der Waals surface area (Å²) in [4.78, 5) is 25.8. The number of hydrogen-bond donors (Lipinski definition) is 1. The average Bonchev–Trinajstić information content (AvgIpc) is 3.36. The van der Waals surface area contributed by atoms with E-state index in [0.717, 1.165) is 69.8 Å². The van der Waals surface area contributed by atoms with Gasteiger partial charge in [-0.3, -0.25) is 14.5 Å². The van der Waals surface area contributed by atoms with Gasteiger partial charge < -0.3 is 14.4 Å². The number of nitrogens with zero attached hydrogens (tertiary/aromatic N) is 2. The van der Waals surface area contributed by atoms with E-state index in [0.29, 0.717) is 5.91 Å². The molecule has 2 fully saturated rings. The lowest BCUT2D eigenvalue weighted by atomic mass is 9.85. The average molecular weight is 386 g/mol. The van der Waals surface area contributed by atoms with Crippen molar-refractivity contribution in [1.82, 2.24) is 9.80 Å². The first-order valence-corrected chi connectivity index (χ1v) is 10.2. The smallest absolute Gasteiger partial charge is 0.290 e. The van der Waals surface area contributed by atoms with Gasteiger partial charge in [-0.1, -0.05) is 32.0 Å². The van der Waals surface area contributed by atoms with Crippen LogP contribution in [0, 0.1) is 5.41 Å². The summed E-state index contributed by atoms with van der Waals surface area (Å²) in [6, 6.07) is 8.31. The van der Waals surface area contributed by atoms with Crippen LogP contribution >= 0.6 is 0 Å². The highest BCUT2D eigenvalue weighted by molar-refractivity contribution is 5.85. The molecule has 1 N–H and O–H groups in total. The van der Waals surface area contributed by atoms with Crippen LogP contribution in [0.1, 0.15) is 44.4 Å². The summed E-state index contributed by atoms with van der Waals surface area (Å²) in [7, 11) is 0. The zero-order valence-electron chi connectivity index (χ0n) is 16.8. The van der Waals surface area contributed by atoms with Crippen LogP contribution in [0.3, 0.4) is 0 Å². The molecule has 1 spiro atoms. The van der Waals surface area contributed by atoms with E-state index in [1.807, 2.05) is 12.1 Å². The van der Waals surface area contributed by atoms with Gasteiger partial charge in [-0.2, -0.15) is 0 Å². The zero-order chi connectivity index (χ0) is 20.1. The number of furan rings is 1. The third-order valence-electron chi connectivity index (χ3n) is 6.01. The molecule has 0 radical (unpaired) electrons. The number of amides is 1. The molecule has 1 aromatic heterocycles. The van der Waals surface area contributed by atoms with E-state index in [1.165, 1.54) is 10.9 Å². The molecule has 1 aromatic carbocycles. The van der Waals surface area contributed by atoms with Crippen molar-refractivity contribution in [2.45, 2.75) is 46.1 Å². The third kappa shape index (κ3) is 3.78. The first kappa shape index (κ1) is 20.4. The summed E-state index contributed by atoms with van der Waals surface area (Å²) in [5.41, 5.74) is 2.17. The Morgan fingerprint density at radius 2 is 1.93 bits per heavy atom. The summed E-state index contributed by atoms with van der Waals surface area (Å²) in [5, 5.41) is 8.12. The molecular formula is C22H30N2O4. The van der Waals surface area contributed by atoms with Crippen molar-refractivity contribution in [3.05, 3.63) is 35.6 Å². The number of hydrogen-bond acceptors (Lipinski definition) is 4. The number of carbonyl (C=O) groups is 2. The Hall–Kier alpha value is -2.34. The molecule has 0 aliphatic carbocycles. The summed E-state index contributed by atoms with van der Waals surface area (Å²) in [6.45, 7) is 8.69. The maximum atomic E-state index is 12.9. The van der Waals surface area contributed by atoms with Gasteiger partial charge in [-0.15, -0.1) is 0 Å². The largest absolute Gasteiger partial charge is 0.483 e. The molecule has 2 aromatic rings. The molecule has 4 rings (SSSR count). The predicted molar refractivity (Wildman–Crippen MR) is 108 cm³/mol. The first-order chi connectivity index (χ1) is 13.6. The van der Waals surface area contributed by atoms with E-state index in [4.69, 9.17) is 14.3 Å². The molecule has 0 saturated carbocycles. The fourth-order valence-electron chi connectivity index (χ4n) is 4.68. The van der Waals surface area contributed by atoms with Crippen LogP contribution in [-0.4, -0.2) is 53.5 Å². The summed E-state index contributed by atoms with van der Waals surface area (Å²) >= 11 is 0. The summed E-state index contributed by atoms with van der Waals surface area (Å²) < 4.78 is 6.04. The molecule has 2 aliphatic heterocycles. The third-order valence-corrected chi connectivity index (χ3v) is 6.01. The molecule has 1 amide bonds. The molecule has 28 heavy (non-hydrogen) atoms. The lowest BCUT2D eigenvalue weighted by Crippen LogP contribution is -2.37. The standard InChI is InChI=1S/C21H28N2O2.CH2O2/c1-3-11-23-13-10-21(20(23)24)9-12-22(15-21)14-17-16-7-5-6-8-19(16)25-18(17)4-2;2-1-3/h5-8H,3-4,9-15H2,1-2H3;1H,(H,2,3). The SMILES string of the molecule is CCCN1CCC2(CCN(Cc3c(CC)oc4ccccc34)C2)C1=O.O=CO. The second-order valence-electron chi connectivity index (χ2n) is 7.74. The van der Waals surface area contributed by atoms with Crippen LogP contribution < -0.4 is 0 Å². The Morgan fingerprint density at radius 1 is 1.21 bits per heavy atom. The van der Waals surface area contributed by atoms with Gasteiger partial charge in [0.2, 0.25) is 5.91 Å². The highest BCUT2D eigenvalue weighted by atomic mass is 16.3. The van der Waals surface area contributed by atoms with Gasteiger partial charge in [0, 0.05) is 43.5 Å². The lowest BCUT2D eigenvalue weighted by Gasteiger charge is -2.23. The van der Waals surface area contributed by atoms with Crippen molar-refractivity contribution >= 4 is 23.3 Å². The molecular weight excluding hydrogens is 356 g/mol. The molecule has 1 unspecified atom stereocenters. The fourth-order valence-corrected chi connectivity index (χ4v) is 4.68. The number of rotatable bonds is 5. The van der Waals surface area contributed by atoms with Crippen LogP contribution in [0.15, 0.2) is 28.7 Å². The maximum Gasteiger partial charge on any atom is 0.290 e. The molecule has 3 heterocycles. The van der Waals surface area contributed by atoms with E-state index < -0.39 is 0 Å². The Bertz CT molecular complexity index is 831. The Morgan fingerprint density at radius 3 is 2.64 bits per heavy atom. The highest BCUT2D eigenvalue weighted by Gasteiger charge is 2.50. The quantitative estimate of drug-likeness (QED) is 0.796. The number of para-hydroxylation sites is 1. The van der Waals surface area contributed by atoms with Crippen molar-refractivity contribution in [2.24, 2.45) is 5.41 Å². The van der Waals surface area contributed by atoms with Crippen molar-refractivity contribution < 1.29 is 19.1 Å². The van der Waals surface area contributed by atoms with Gasteiger partial charge in [0.05, 0.1) is 5.41 Å². The van der Waals surface area contributed by atoms with Crippen LogP contribution in [0.4, 0.5) is 0 Å². The van der Waals surface area contributed by atoms with Gasteiger partial charge in [-0.25, -0.2) is 0 Å². The van der Waals surface area contributed by atoms with E-state index >= 15 is 0 Å². The second-order valence-corrected chi connectivity index (χ2v) is 7.74. The molecule has 2 saturated heterocycles. The molecule has 6 nitrogen and oxygen atoms in total. The van der Waals surface area contributed by atoms with Crippen molar-refractivity contribution in [3.8, 4) is 0 Å². The second kappa shape index (κ2) is 8.78. The number of carbonyl (C=O) groups excluding carboxylic acids is 1. The van der Waals surface area contributed by atoms with Crippen LogP contribution in [0.2, 0.25) is 0 Å². The van der Waals surface area contributed by atoms with E-state index in [2.05, 4.69) is 35.8 Å². The number of fused-ring (bicyclic) bond motifs is 1. The number of benzene rings is 1. The summed E-state index contributed by atoms with van der Waals surface area (Å²) in [6.07, 6.45) is 3.98. The molecule has 2 aliphatic rings. The normalized spacial score (nSPS) is 22.1. The minimum atomic E-state index is -0.250. The maximum absolute atomic E-state index is 12.9. The minimum Gasteiger partial charge on any atom is -0.483 e.